The molecule has 4 rings (SSSR count). The summed E-state index contributed by atoms with van der Waals surface area (Å²) in [6, 6.07) is 26.8. The minimum atomic E-state index is -1.08. The lowest BCUT2D eigenvalue weighted by molar-refractivity contribution is -0.137. The fourth-order valence-corrected chi connectivity index (χ4v) is 4.89. The van der Waals surface area contributed by atoms with Crippen LogP contribution in [0.4, 0.5) is 0 Å². The number of carboxylic acids is 1. The fourth-order valence-electron chi connectivity index (χ4n) is 4.89. The van der Waals surface area contributed by atoms with Crippen molar-refractivity contribution in [3.05, 3.63) is 113 Å². The lowest BCUT2D eigenvalue weighted by Gasteiger charge is -2.30. The van der Waals surface area contributed by atoms with Crippen molar-refractivity contribution in [1.82, 2.24) is 4.90 Å². The average Bonchev–Trinajstić information content (AvgIpc) is 3.02. The molecule has 0 bridgehead atoms. The van der Waals surface area contributed by atoms with Crippen LogP contribution in [0, 0.1) is 6.92 Å². The molecule has 0 aliphatic rings. The Hall–Kier alpha value is -5.31. The molecule has 0 unspecified atom stereocenters. The Morgan fingerprint density at radius 1 is 0.795 bits per heavy atom. The van der Waals surface area contributed by atoms with Gasteiger partial charge in [-0.05, 0) is 53.8 Å². The van der Waals surface area contributed by atoms with Crippen LogP contribution < -0.4 is 19.9 Å². The zero-order chi connectivity index (χ0) is 31.6. The van der Waals surface area contributed by atoms with Crippen LogP contribution in [0.15, 0.2) is 91.0 Å². The van der Waals surface area contributed by atoms with Gasteiger partial charge in [0.25, 0.3) is 5.91 Å². The normalized spacial score (nSPS) is 11.3. The second-order valence-corrected chi connectivity index (χ2v) is 10.4. The number of nitrogens with zero attached hydrogens (tertiary/aromatic N) is 1. The third-order valence-electron chi connectivity index (χ3n) is 7.16. The molecule has 44 heavy (non-hydrogen) atoms. The van der Waals surface area contributed by atoms with Crippen molar-refractivity contribution in [2.75, 3.05) is 14.2 Å². The third kappa shape index (κ3) is 8.38. The highest BCUT2D eigenvalue weighted by molar-refractivity contribution is 5.97. The summed E-state index contributed by atoms with van der Waals surface area (Å²) in [7, 11) is 3.16. The first kappa shape index (κ1) is 31.6. The highest BCUT2D eigenvalue weighted by atomic mass is 16.5. The first-order valence-corrected chi connectivity index (χ1v) is 14.1. The minimum absolute atomic E-state index is 0.0856. The Kier molecular flexibility index (Phi) is 10.6. The smallest absolute Gasteiger partial charge is 0.303 e. The van der Waals surface area contributed by atoms with Crippen LogP contribution in [0.25, 0.3) is 11.1 Å². The van der Waals surface area contributed by atoms with E-state index in [1.807, 2.05) is 67.6 Å². The number of amides is 2. The standard InChI is InChI=1S/C35H36N2O7/c1-23-6-4-7-24(16-23)21-37(32(34(36)40)14-15-33(38)39)35(41)27-12-10-26(11-13-27)28-9-5-8-25(17-28)22-44-31-19-29(42-2)18-30(20-31)43-3/h4-13,16-20,32H,14-15,21-22H2,1-3H3,(H2,36,40)(H,38,39)/t32-/m0/s1. The van der Waals surface area contributed by atoms with Gasteiger partial charge in [0, 0.05) is 36.7 Å². The molecule has 228 valence electrons. The maximum atomic E-state index is 13.8. The van der Waals surface area contributed by atoms with Crippen LogP contribution in [-0.4, -0.2) is 48.1 Å². The minimum Gasteiger partial charge on any atom is -0.496 e. The molecule has 0 saturated carbocycles. The number of rotatable bonds is 14. The van der Waals surface area contributed by atoms with Crippen molar-refractivity contribution >= 4 is 17.8 Å². The quantitative estimate of drug-likeness (QED) is 0.193. The van der Waals surface area contributed by atoms with Crippen molar-refractivity contribution in [2.24, 2.45) is 5.73 Å². The third-order valence-corrected chi connectivity index (χ3v) is 7.16. The first-order valence-electron chi connectivity index (χ1n) is 14.1. The van der Waals surface area contributed by atoms with Crippen molar-refractivity contribution in [3.63, 3.8) is 0 Å². The van der Waals surface area contributed by atoms with Gasteiger partial charge in [-0.25, -0.2) is 0 Å². The van der Waals surface area contributed by atoms with E-state index in [-0.39, 0.29) is 19.4 Å². The molecular formula is C35H36N2O7. The molecule has 9 nitrogen and oxygen atoms in total. The van der Waals surface area contributed by atoms with Gasteiger partial charge in [-0.15, -0.1) is 0 Å². The Balaban J connectivity index is 1.54. The molecule has 9 heteroatoms. The molecule has 4 aromatic rings. The average molecular weight is 597 g/mol. The van der Waals surface area contributed by atoms with Gasteiger partial charge in [-0.3, -0.25) is 14.4 Å². The Morgan fingerprint density at radius 3 is 2.05 bits per heavy atom. The molecule has 0 fully saturated rings. The molecule has 0 aromatic heterocycles. The van der Waals surface area contributed by atoms with E-state index in [1.165, 1.54) is 4.90 Å². The van der Waals surface area contributed by atoms with E-state index in [0.717, 1.165) is 27.8 Å². The number of carbonyl (C=O) groups is 3. The molecule has 1 atom stereocenters. The van der Waals surface area contributed by atoms with Crippen molar-refractivity contribution in [3.8, 4) is 28.4 Å². The maximum Gasteiger partial charge on any atom is 0.303 e. The number of benzene rings is 4. The number of nitrogens with two attached hydrogens (primary N) is 1. The number of methoxy groups -OCH3 is 2. The van der Waals surface area contributed by atoms with Gasteiger partial charge in [0.05, 0.1) is 14.2 Å². The SMILES string of the molecule is COc1cc(OC)cc(OCc2cccc(-c3ccc(C(=O)N(Cc4cccc(C)c4)[C@@H](CCC(=O)O)C(N)=O)cc3)c2)c1. The molecule has 4 aromatic carbocycles. The molecule has 2 amide bonds. The summed E-state index contributed by atoms with van der Waals surface area (Å²) in [5.74, 6) is -0.367. The van der Waals surface area contributed by atoms with E-state index in [2.05, 4.69) is 0 Å². The summed E-state index contributed by atoms with van der Waals surface area (Å²) in [6.45, 7) is 2.36. The van der Waals surface area contributed by atoms with Gasteiger partial charge in [0.2, 0.25) is 5.91 Å². The van der Waals surface area contributed by atoms with E-state index >= 15 is 0 Å². The number of primary amides is 1. The topological polar surface area (TPSA) is 128 Å². The molecule has 0 saturated heterocycles. The number of ether oxygens (including phenoxy) is 3. The van der Waals surface area contributed by atoms with Gasteiger partial charge in [0.15, 0.2) is 0 Å². The lowest BCUT2D eigenvalue weighted by atomic mass is 10.0. The van der Waals surface area contributed by atoms with Gasteiger partial charge >= 0.3 is 5.97 Å². The lowest BCUT2D eigenvalue weighted by Crippen LogP contribution is -2.47. The predicted octanol–water partition coefficient (Wildman–Crippen LogP) is 5.62. The van der Waals surface area contributed by atoms with Gasteiger partial charge < -0.3 is 30.0 Å². The Morgan fingerprint density at radius 2 is 1.43 bits per heavy atom. The highest BCUT2D eigenvalue weighted by Gasteiger charge is 2.30. The van der Waals surface area contributed by atoms with Crippen LogP contribution in [0.2, 0.25) is 0 Å². The van der Waals surface area contributed by atoms with E-state index in [4.69, 9.17) is 19.9 Å². The summed E-state index contributed by atoms with van der Waals surface area (Å²) in [6.07, 6.45) is -0.382. The number of carbonyl (C=O) groups excluding carboxylic acids is 2. The van der Waals surface area contributed by atoms with Crippen LogP contribution in [-0.2, 0) is 22.7 Å². The van der Waals surface area contributed by atoms with Crippen molar-refractivity contribution < 1.29 is 33.7 Å². The number of carboxylic acid groups (broad SMARTS) is 1. The summed E-state index contributed by atoms with van der Waals surface area (Å²) in [5, 5.41) is 9.23. The van der Waals surface area contributed by atoms with Gasteiger partial charge in [-0.1, -0.05) is 60.2 Å². The maximum absolute atomic E-state index is 13.8. The fraction of sp³-hybridized carbons (Fsp3) is 0.229. The predicted molar refractivity (Wildman–Crippen MR) is 167 cm³/mol. The van der Waals surface area contributed by atoms with Crippen LogP contribution >= 0.6 is 0 Å². The number of hydrogen-bond donors (Lipinski definition) is 2. The van der Waals surface area contributed by atoms with Crippen LogP contribution in [0.5, 0.6) is 17.2 Å². The highest BCUT2D eigenvalue weighted by Crippen LogP contribution is 2.29. The number of hydrogen-bond acceptors (Lipinski definition) is 6. The van der Waals surface area contributed by atoms with E-state index in [1.54, 1.807) is 44.6 Å². The summed E-state index contributed by atoms with van der Waals surface area (Å²) >= 11 is 0. The molecule has 0 heterocycles. The summed E-state index contributed by atoms with van der Waals surface area (Å²) in [4.78, 5) is 38.9. The molecule has 0 aliphatic carbocycles. The van der Waals surface area contributed by atoms with E-state index < -0.39 is 23.8 Å². The van der Waals surface area contributed by atoms with Crippen molar-refractivity contribution in [1.29, 1.82) is 0 Å². The largest absolute Gasteiger partial charge is 0.496 e. The zero-order valence-corrected chi connectivity index (χ0v) is 25.0. The molecule has 0 radical (unpaired) electrons. The van der Waals surface area contributed by atoms with E-state index in [0.29, 0.717) is 29.4 Å². The second kappa shape index (κ2) is 14.7. The molecular weight excluding hydrogens is 560 g/mol. The number of aliphatic carboxylic acids is 1. The van der Waals surface area contributed by atoms with Gasteiger partial charge in [-0.2, -0.15) is 0 Å². The van der Waals surface area contributed by atoms with Crippen molar-refractivity contribution in [2.45, 2.75) is 39.0 Å². The first-order chi connectivity index (χ1) is 21.2. The zero-order valence-electron chi connectivity index (χ0n) is 25.0. The number of aryl methyl sites for hydroxylation is 1. The van der Waals surface area contributed by atoms with Crippen LogP contribution in [0.3, 0.4) is 0 Å². The second-order valence-electron chi connectivity index (χ2n) is 10.4. The van der Waals surface area contributed by atoms with Gasteiger partial charge in [0.1, 0.15) is 29.9 Å². The van der Waals surface area contributed by atoms with Crippen LogP contribution in [0.1, 0.15) is 39.9 Å². The summed E-state index contributed by atoms with van der Waals surface area (Å²) < 4.78 is 16.6. The van der Waals surface area contributed by atoms with E-state index in [9.17, 15) is 19.5 Å². The monoisotopic (exact) mass is 596 g/mol. The Labute approximate surface area is 256 Å². The molecule has 3 N–H and O–H groups in total. The molecule has 0 aliphatic heterocycles. The summed E-state index contributed by atoms with van der Waals surface area (Å²) in [5.41, 5.74) is 10.6. The molecule has 0 spiro atoms. The Bertz CT molecular complexity index is 1600.